The summed E-state index contributed by atoms with van der Waals surface area (Å²) in [5, 5.41) is 3.42. The zero-order valence-electron chi connectivity index (χ0n) is 12.6. The zero-order valence-corrected chi connectivity index (χ0v) is 13.5. The summed E-state index contributed by atoms with van der Waals surface area (Å²) >= 11 is 0.657. The highest BCUT2D eigenvalue weighted by Crippen LogP contribution is 2.59. The van der Waals surface area contributed by atoms with Crippen LogP contribution in [0.15, 0.2) is 18.3 Å². The normalized spacial score (nSPS) is 15.8. The van der Waals surface area contributed by atoms with Gasteiger partial charge in [-0.3, -0.25) is 0 Å². The molecule has 0 amide bonds. The van der Waals surface area contributed by atoms with E-state index in [1.54, 1.807) is 6.07 Å². The largest absolute Gasteiger partial charge is 0.457 e. The molecule has 2 aromatic rings. The lowest BCUT2D eigenvalue weighted by Gasteiger charge is -2.37. The van der Waals surface area contributed by atoms with Crippen molar-refractivity contribution < 1.29 is 39.5 Å². The lowest BCUT2D eigenvalue weighted by molar-refractivity contribution is -0.389. The van der Waals surface area contributed by atoms with E-state index in [1.807, 2.05) is 0 Å². The standard InChI is InChI=1S/C14H8F9N2S/c1-2-7-8(10-6-24-25-26-10)4-3-5-9(7)11(15,13(18,19)20)12(16,17)14(21,22)23/h3-4,6H,2H2,1H3. The predicted molar refractivity (Wildman–Crippen MR) is 73.4 cm³/mol. The summed E-state index contributed by atoms with van der Waals surface area (Å²) in [6, 6.07) is 3.36. The predicted octanol–water partition coefficient (Wildman–Crippen LogP) is 5.49. The second-order valence-corrected chi connectivity index (χ2v) is 5.89. The molecule has 26 heavy (non-hydrogen) atoms. The van der Waals surface area contributed by atoms with Crippen LogP contribution in [0.3, 0.4) is 0 Å². The fourth-order valence-electron chi connectivity index (χ4n) is 2.39. The Labute approximate surface area is 144 Å². The molecule has 0 aliphatic rings. The van der Waals surface area contributed by atoms with Gasteiger partial charge in [-0.1, -0.05) is 23.5 Å². The van der Waals surface area contributed by atoms with Crippen molar-refractivity contribution in [1.29, 1.82) is 0 Å². The van der Waals surface area contributed by atoms with Crippen LogP contribution >= 0.6 is 11.5 Å². The zero-order chi connectivity index (χ0) is 20.0. The van der Waals surface area contributed by atoms with Crippen molar-refractivity contribution in [2.75, 3.05) is 0 Å². The van der Waals surface area contributed by atoms with Crippen molar-refractivity contribution in [3.8, 4) is 10.4 Å². The highest BCUT2D eigenvalue weighted by molar-refractivity contribution is 7.09. The van der Waals surface area contributed by atoms with Gasteiger partial charge in [0.1, 0.15) is 0 Å². The average Bonchev–Trinajstić information content (AvgIpc) is 3.05. The van der Waals surface area contributed by atoms with Gasteiger partial charge in [-0.05, 0) is 35.1 Å². The van der Waals surface area contributed by atoms with Gasteiger partial charge in [-0.15, -0.1) is 5.10 Å². The van der Waals surface area contributed by atoms with Crippen molar-refractivity contribution in [3.63, 3.8) is 0 Å². The number of hydrogen-bond acceptors (Lipinski definition) is 3. The summed E-state index contributed by atoms with van der Waals surface area (Å²) in [6.45, 7) is 1.19. The molecule has 143 valence electrons. The molecule has 1 heterocycles. The molecular weight excluding hydrogens is 399 g/mol. The molecule has 0 aliphatic heterocycles. The van der Waals surface area contributed by atoms with Gasteiger partial charge in [-0.2, -0.15) is 35.1 Å². The molecule has 2 rings (SSSR count). The van der Waals surface area contributed by atoms with E-state index in [2.05, 4.69) is 9.59 Å². The van der Waals surface area contributed by atoms with Gasteiger partial charge in [-0.25, -0.2) is 4.39 Å². The average molecular weight is 407 g/mol. The van der Waals surface area contributed by atoms with Gasteiger partial charge in [0.2, 0.25) is 0 Å². The third-order valence-electron chi connectivity index (χ3n) is 3.61. The molecule has 0 aliphatic carbocycles. The molecule has 1 atom stereocenters. The van der Waals surface area contributed by atoms with E-state index in [4.69, 9.17) is 0 Å². The Bertz CT molecular complexity index is 768. The van der Waals surface area contributed by atoms with Gasteiger partial charge in [0.15, 0.2) is 0 Å². The maximum atomic E-state index is 14.7. The first-order chi connectivity index (χ1) is 11.8. The summed E-state index contributed by atoms with van der Waals surface area (Å²) in [4.78, 5) is 0.0805. The quantitative estimate of drug-likeness (QED) is 0.627. The van der Waals surface area contributed by atoms with E-state index < -0.39 is 41.5 Å². The molecule has 1 aromatic heterocycles. The van der Waals surface area contributed by atoms with Crippen molar-refractivity contribution in [1.82, 2.24) is 9.59 Å². The Morgan fingerprint density at radius 1 is 1.00 bits per heavy atom. The number of halogens is 9. The molecule has 0 N–H and O–H groups in total. The second-order valence-electron chi connectivity index (χ2n) is 5.11. The lowest BCUT2D eigenvalue weighted by Crippen LogP contribution is -2.60. The Hall–Kier alpha value is -1.85. The number of alkyl halides is 9. The third kappa shape index (κ3) is 2.93. The Morgan fingerprint density at radius 3 is 2.04 bits per heavy atom. The highest BCUT2D eigenvalue weighted by Gasteiger charge is 2.82. The molecule has 0 spiro atoms. The van der Waals surface area contributed by atoms with Crippen molar-refractivity contribution in [2.45, 2.75) is 37.3 Å². The number of nitrogens with zero attached hydrogens (tertiary/aromatic N) is 2. The summed E-state index contributed by atoms with van der Waals surface area (Å²) in [6.07, 6.45) is -12.7. The molecular formula is C14H8F9N2S. The Morgan fingerprint density at radius 2 is 1.62 bits per heavy atom. The van der Waals surface area contributed by atoms with Crippen LogP contribution in [0.5, 0.6) is 0 Å². The molecule has 0 fully saturated rings. The van der Waals surface area contributed by atoms with Crippen LogP contribution in [0.4, 0.5) is 39.5 Å². The molecule has 1 unspecified atom stereocenters. The van der Waals surface area contributed by atoms with E-state index >= 15 is 0 Å². The van der Waals surface area contributed by atoms with Gasteiger partial charge >= 0.3 is 23.9 Å². The SMILES string of the molecule is CCc1c(C(F)(C(F)(F)F)C(F)(F)C(F)(F)F)[c]ccc1-c1cnns1. The minimum atomic E-state index is -6.78. The first kappa shape index (κ1) is 20.5. The molecule has 0 saturated heterocycles. The minimum Gasteiger partial charge on any atom is -0.221 e. The fourth-order valence-corrected chi connectivity index (χ4v) is 2.96. The molecule has 0 bridgehead atoms. The van der Waals surface area contributed by atoms with Crippen LogP contribution in [0.1, 0.15) is 18.1 Å². The molecule has 0 saturated carbocycles. The summed E-state index contributed by atoms with van der Waals surface area (Å²) in [5.41, 5.74) is -8.80. The number of hydrogen-bond donors (Lipinski definition) is 0. The monoisotopic (exact) mass is 407 g/mol. The van der Waals surface area contributed by atoms with Crippen molar-refractivity contribution in [2.24, 2.45) is 0 Å². The lowest BCUT2D eigenvalue weighted by atomic mass is 9.82. The molecule has 2 nitrogen and oxygen atoms in total. The first-order valence-electron chi connectivity index (χ1n) is 6.81. The van der Waals surface area contributed by atoms with Gasteiger partial charge in [0.05, 0.1) is 11.1 Å². The molecule has 12 heteroatoms. The highest BCUT2D eigenvalue weighted by atomic mass is 32.1. The van der Waals surface area contributed by atoms with Crippen molar-refractivity contribution in [3.05, 3.63) is 35.5 Å². The van der Waals surface area contributed by atoms with E-state index in [-0.39, 0.29) is 10.4 Å². The van der Waals surface area contributed by atoms with Crippen LogP contribution < -0.4 is 0 Å². The van der Waals surface area contributed by atoms with Crippen LogP contribution in [-0.4, -0.2) is 27.9 Å². The molecule has 1 aromatic carbocycles. The van der Waals surface area contributed by atoms with Crippen LogP contribution in [0.25, 0.3) is 10.4 Å². The van der Waals surface area contributed by atoms with Crippen LogP contribution in [0, 0.1) is 6.07 Å². The number of benzene rings is 1. The maximum absolute atomic E-state index is 14.7. The maximum Gasteiger partial charge on any atom is 0.457 e. The van der Waals surface area contributed by atoms with Crippen LogP contribution in [-0.2, 0) is 12.1 Å². The summed E-state index contributed by atoms with van der Waals surface area (Å²) < 4.78 is 123. The number of aromatic nitrogens is 2. The van der Waals surface area contributed by atoms with E-state index in [9.17, 15) is 39.5 Å². The minimum absolute atomic E-state index is 0.0805. The van der Waals surface area contributed by atoms with Gasteiger partial charge in [0, 0.05) is 5.56 Å². The summed E-state index contributed by atoms with van der Waals surface area (Å²) in [7, 11) is 0. The Kier molecular flexibility index (Phi) is 5.03. The van der Waals surface area contributed by atoms with E-state index in [1.165, 1.54) is 6.92 Å². The summed E-state index contributed by atoms with van der Waals surface area (Å²) in [5.74, 6) is -6.73. The second kappa shape index (κ2) is 6.39. The van der Waals surface area contributed by atoms with Crippen molar-refractivity contribution >= 4 is 11.5 Å². The third-order valence-corrected chi connectivity index (χ3v) is 4.31. The number of rotatable bonds is 4. The van der Waals surface area contributed by atoms with Crippen LogP contribution in [0.2, 0.25) is 0 Å². The van der Waals surface area contributed by atoms with Gasteiger partial charge in [0.25, 0.3) is 0 Å². The molecule has 1 radical (unpaired) electrons. The first-order valence-corrected chi connectivity index (χ1v) is 7.58. The topological polar surface area (TPSA) is 25.8 Å². The Balaban J connectivity index is 2.86. The van der Waals surface area contributed by atoms with E-state index in [0.717, 1.165) is 12.3 Å². The van der Waals surface area contributed by atoms with E-state index in [0.29, 0.717) is 17.6 Å². The smallest absolute Gasteiger partial charge is 0.221 e. The fraction of sp³-hybridized carbons (Fsp3) is 0.429. The van der Waals surface area contributed by atoms with Gasteiger partial charge < -0.3 is 0 Å².